The summed E-state index contributed by atoms with van der Waals surface area (Å²) in [6.07, 6.45) is 0. The van der Waals surface area contributed by atoms with Crippen molar-refractivity contribution < 1.29 is 4.92 Å². The molecule has 0 unspecified atom stereocenters. The lowest BCUT2D eigenvalue weighted by Crippen LogP contribution is -2.07. The van der Waals surface area contributed by atoms with Gasteiger partial charge < -0.3 is 10.6 Å². The summed E-state index contributed by atoms with van der Waals surface area (Å²) in [4.78, 5) is 18.7. The molecular formula is C12H12ClN5O2. The Hall–Kier alpha value is -2.41. The molecule has 0 spiro atoms. The molecule has 0 aliphatic heterocycles. The molecule has 1 aromatic carbocycles. The van der Waals surface area contributed by atoms with Crippen LogP contribution in [0.1, 0.15) is 5.69 Å². The molecule has 0 amide bonds. The average Bonchev–Trinajstić information content (AvgIpc) is 2.37. The van der Waals surface area contributed by atoms with Crippen molar-refractivity contribution >= 4 is 34.7 Å². The fraction of sp³-hybridized carbons (Fsp3) is 0.167. The van der Waals surface area contributed by atoms with Crippen LogP contribution in [0.2, 0.25) is 5.02 Å². The van der Waals surface area contributed by atoms with Gasteiger partial charge in [-0.1, -0.05) is 17.7 Å². The first-order chi connectivity index (χ1) is 9.51. The van der Waals surface area contributed by atoms with Crippen LogP contribution in [0.3, 0.4) is 0 Å². The third kappa shape index (κ3) is 2.94. The van der Waals surface area contributed by atoms with Crippen molar-refractivity contribution in [2.75, 3.05) is 17.7 Å². The predicted octanol–water partition coefficient (Wildman–Crippen LogP) is 3.13. The monoisotopic (exact) mass is 293 g/mol. The summed E-state index contributed by atoms with van der Waals surface area (Å²) in [5.41, 5.74) is 0.726. The van der Waals surface area contributed by atoms with Gasteiger partial charge in [-0.25, -0.2) is 4.98 Å². The van der Waals surface area contributed by atoms with E-state index >= 15 is 0 Å². The van der Waals surface area contributed by atoms with E-state index in [1.54, 1.807) is 38.2 Å². The largest absolute Gasteiger partial charge is 0.357 e. The Balaban J connectivity index is 2.48. The second kappa shape index (κ2) is 5.70. The Morgan fingerprint density at radius 3 is 2.70 bits per heavy atom. The second-order valence-corrected chi connectivity index (χ2v) is 4.41. The van der Waals surface area contributed by atoms with Gasteiger partial charge in [-0.05, 0) is 25.1 Å². The van der Waals surface area contributed by atoms with Gasteiger partial charge in [0.1, 0.15) is 5.69 Å². The number of hydrogen-bond donors (Lipinski definition) is 2. The van der Waals surface area contributed by atoms with E-state index in [0.717, 1.165) is 0 Å². The first-order valence-electron chi connectivity index (χ1n) is 5.74. The molecule has 0 fully saturated rings. The lowest BCUT2D eigenvalue weighted by atomic mass is 10.3. The minimum absolute atomic E-state index is 0.120. The molecular weight excluding hydrogens is 282 g/mol. The molecule has 0 atom stereocenters. The fourth-order valence-electron chi connectivity index (χ4n) is 1.69. The van der Waals surface area contributed by atoms with Gasteiger partial charge in [-0.3, -0.25) is 10.1 Å². The maximum absolute atomic E-state index is 11.1. The number of nitrogens with zero attached hydrogens (tertiary/aromatic N) is 3. The molecule has 20 heavy (non-hydrogen) atoms. The van der Waals surface area contributed by atoms with Gasteiger partial charge in [0.15, 0.2) is 0 Å². The summed E-state index contributed by atoms with van der Waals surface area (Å²) < 4.78 is 0. The number of rotatable bonds is 4. The predicted molar refractivity (Wildman–Crippen MR) is 77.7 cm³/mol. The highest BCUT2D eigenvalue weighted by molar-refractivity contribution is 6.30. The highest BCUT2D eigenvalue weighted by atomic mass is 35.5. The number of aromatic nitrogens is 2. The van der Waals surface area contributed by atoms with Crippen molar-refractivity contribution in [2.45, 2.75) is 6.92 Å². The minimum Gasteiger partial charge on any atom is -0.357 e. The van der Waals surface area contributed by atoms with Crippen molar-refractivity contribution in [3.8, 4) is 0 Å². The van der Waals surface area contributed by atoms with Gasteiger partial charge in [-0.2, -0.15) is 4.98 Å². The Bertz CT molecular complexity index is 662. The second-order valence-electron chi connectivity index (χ2n) is 3.97. The first kappa shape index (κ1) is 14.0. The van der Waals surface area contributed by atoms with Gasteiger partial charge in [-0.15, -0.1) is 0 Å². The summed E-state index contributed by atoms with van der Waals surface area (Å²) in [6, 6.07) is 6.85. The van der Waals surface area contributed by atoms with E-state index in [0.29, 0.717) is 16.7 Å². The fourth-order valence-corrected chi connectivity index (χ4v) is 1.88. The molecule has 2 rings (SSSR count). The Kier molecular flexibility index (Phi) is 3.99. The molecule has 104 valence electrons. The zero-order valence-corrected chi connectivity index (χ0v) is 11.6. The molecule has 8 heteroatoms. The molecule has 0 radical (unpaired) electrons. The Morgan fingerprint density at radius 1 is 1.35 bits per heavy atom. The zero-order chi connectivity index (χ0) is 14.7. The van der Waals surface area contributed by atoms with E-state index in [1.165, 1.54) is 0 Å². The van der Waals surface area contributed by atoms with E-state index < -0.39 is 4.92 Å². The highest BCUT2D eigenvalue weighted by Gasteiger charge is 2.22. The zero-order valence-electron chi connectivity index (χ0n) is 10.8. The van der Waals surface area contributed by atoms with Crippen LogP contribution >= 0.6 is 11.6 Å². The Labute approximate surface area is 120 Å². The van der Waals surface area contributed by atoms with Crippen LogP contribution in [0, 0.1) is 17.0 Å². The molecule has 0 saturated carbocycles. The standard InChI is InChI=1S/C12H12ClN5O2/c1-7-10(18(19)20)11(17-12(14-2)15-7)16-9-5-3-4-8(13)6-9/h3-6H,1-2H3,(H2,14,15,16,17). The quantitative estimate of drug-likeness (QED) is 0.664. The van der Waals surface area contributed by atoms with Gasteiger partial charge in [0.2, 0.25) is 11.8 Å². The van der Waals surface area contributed by atoms with Crippen LogP contribution in [-0.4, -0.2) is 21.9 Å². The van der Waals surface area contributed by atoms with Crippen LogP contribution in [0.5, 0.6) is 0 Å². The van der Waals surface area contributed by atoms with Crippen molar-refractivity contribution in [1.29, 1.82) is 0 Å². The lowest BCUT2D eigenvalue weighted by molar-refractivity contribution is -0.385. The number of halogens is 1. The normalized spacial score (nSPS) is 10.2. The maximum atomic E-state index is 11.1. The molecule has 0 aliphatic carbocycles. The van der Waals surface area contributed by atoms with Gasteiger partial charge in [0, 0.05) is 17.8 Å². The number of benzene rings is 1. The van der Waals surface area contributed by atoms with Gasteiger partial charge >= 0.3 is 5.69 Å². The molecule has 1 heterocycles. The van der Waals surface area contributed by atoms with Crippen molar-refractivity contribution in [1.82, 2.24) is 9.97 Å². The Morgan fingerprint density at radius 2 is 2.10 bits per heavy atom. The van der Waals surface area contributed by atoms with E-state index in [1.807, 2.05) is 0 Å². The van der Waals surface area contributed by atoms with Crippen LogP contribution in [0.25, 0.3) is 0 Å². The van der Waals surface area contributed by atoms with Gasteiger partial charge in [0.25, 0.3) is 0 Å². The van der Waals surface area contributed by atoms with E-state index in [-0.39, 0.29) is 17.2 Å². The van der Waals surface area contributed by atoms with Crippen molar-refractivity contribution in [3.63, 3.8) is 0 Å². The van der Waals surface area contributed by atoms with Crippen LogP contribution < -0.4 is 10.6 Å². The van der Waals surface area contributed by atoms with Gasteiger partial charge in [0.05, 0.1) is 4.92 Å². The molecule has 0 saturated heterocycles. The summed E-state index contributed by atoms with van der Waals surface area (Å²) in [7, 11) is 1.64. The molecule has 1 aromatic heterocycles. The molecule has 7 nitrogen and oxygen atoms in total. The third-order valence-corrected chi connectivity index (χ3v) is 2.79. The average molecular weight is 294 g/mol. The van der Waals surface area contributed by atoms with Crippen LogP contribution in [0.4, 0.5) is 23.1 Å². The number of nitro groups is 1. The maximum Gasteiger partial charge on any atom is 0.332 e. The lowest BCUT2D eigenvalue weighted by Gasteiger charge is -2.09. The number of aryl methyl sites for hydroxylation is 1. The number of nitrogens with one attached hydrogen (secondary N) is 2. The van der Waals surface area contributed by atoms with E-state index in [9.17, 15) is 10.1 Å². The van der Waals surface area contributed by atoms with Crippen LogP contribution in [0.15, 0.2) is 24.3 Å². The van der Waals surface area contributed by atoms with Crippen molar-refractivity contribution in [2.24, 2.45) is 0 Å². The van der Waals surface area contributed by atoms with E-state index in [2.05, 4.69) is 20.6 Å². The topological polar surface area (TPSA) is 93.0 Å². The smallest absolute Gasteiger partial charge is 0.332 e. The number of hydrogen-bond acceptors (Lipinski definition) is 6. The number of anilines is 3. The SMILES string of the molecule is CNc1nc(C)c([N+](=O)[O-])c(Nc2cccc(Cl)c2)n1. The third-order valence-electron chi connectivity index (χ3n) is 2.55. The van der Waals surface area contributed by atoms with Crippen molar-refractivity contribution in [3.05, 3.63) is 45.1 Å². The van der Waals surface area contributed by atoms with E-state index in [4.69, 9.17) is 11.6 Å². The molecule has 0 bridgehead atoms. The summed E-state index contributed by atoms with van der Waals surface area (Å²) in [5, 5.41) is 17.3. The highest BCUT2D eigenvalue weighted by Crippen LogP contribution is 2.29. The summed E-state index contributed by atoms with van der Waals surface area (Å²) >= 11 is 5.88. The minimum atomic E-state index is -0.512. The molecule has 2 aromatic rings. The summed E-state index contributed by atoms with van der Waals surface area (Å²) in [6.45, 7) is 1.56. The first-order valence-corrected chi connectivity index (χ1v) is 6.12. The molecule has 0 aliphatic rings. The van der Waals surface area contributed by atoms with Crippen LogP contribution in [-0.2, 0) is 0 Å². The molecule has 2 N–H and O–H groups in total. The summed E-state index contributed by atoms with van der Waals surface area (Å²) in [5.74, 6) is 0.423.